The highest BCUT2D eigenvalue weighted by molar-refractivity contribution is 6.14. The van der Waals surface area contributed by atoms with Crippen LogP contribution < -0.4 is 4.74 Å². The Kier molecular flexibility index (Phi) is 7.78. The lowest BCUT2D eigenvalue weighted by atomic mass is 9.85. The van der Waals surface area contributed by atoms with Crippen LogP contribution in [0.3, 0.4) is 0 Å². The molecule has 11 rings (SSSR count). The van der Waals surface area contributed by atoms with Gasteiger partial charge in [-0.2, -0.15) is 0 Å². The molecule has 0 aliphatic carbocycles. The van der Waals surface area contributed by atoms with E-state index in [0.29, 0.717) is 17.5 Å². The van der Waals surface area contributed by atoms with Crippen molar-refractivity contribution in [1.82, 2.24) is 15.0 Å². The standard InChI is InChI=1S/C53H33N3O/c1-4-14-34(15-5-1)35-26-28-36(29-27-35)39-32-33-48-49-43(39)22-12-24-46(49)50-44(23-13-25-47(50)57-48)42-30-31-45(41-21-11-10-20-40(41)42)53-55-51(37-16-6-2-7-17-37)54-52(56-53)38-18-8-3-9-19-38/h1-33H. The lowest BCUT2D eigenvalue weighted by molar-refractivity contribution is 0.487. The van der Waals surface area contributed by atoms with Crippen molar-refractivity contribution in [2.45, 2.75) is 0 Å². The van der Waals surface area contributed by atoms with Crippen molar-refractivity contribution in [2.75, 3.05) is 0 Å². The van der Waals surface area contributed by atoms with Gasteiger partial charge in [-0.25, -0.2) is 15.0 Å². The molecule has 0 unspecified atom stereocenters. The Morgan fingerprint density at radius 3 is 1.44 bits per heavy atom. The average molecular weight is 728 g/mol. The van der Waals surface area contributed by atoms with Crippen molar-refractivity contribution in [3.63, 3.8) is 0 Å². The van der Waals surface area contributed by atoms with Gasteiger partial charge in [-0.05, 0) is 73.3 Å². The Hall–Kier alpha value is -7.69. The molecule has 9 aromatic carbocycles. The number of hydrogen-bond donors (Lipinski definition) is 0. The van der Waals surface area contributed by atoms with E-state index < -0.39 is 0 Å². The number of hydrogen-bond acceptors (Lipinski definition) is 4. The molecule has 266 valence electrons. The minimum atomic E-state index is 0.631. The fraction of sp³-hybridized carbons (Fsp3) is 0. The van der Waals surface area contributed by atoms with Crippen LogP contribution in [0.5, 0.6) is 11.5 Å². The molecule has 2 heterocycles. The van der Waals surface area contributed by atoms with Crippen LogP contribution in [0.1, 0.15) is 0 Å². The highest BCUT2D eigenvalue weighted by Crippen LogP contribution is 2.52. The topological polar surface area (TPSA) is 47.9 Å². The van der Waals surface area contributed by atoms with Crippen LogP contribution in [0.4, 0.5) is 0 Å². The van der Waals surface area contributed by atoms with E-state index in [1.165, 1.54) is 22.3 Å². The van der Waals surface area contributed by atoms with Gasteiger partial charge in [0, 0.05) is 27.6 Å². The molecule has 1 aliphatic rings. The van der Waals surface area contributed by atoms with Gasteiger partial charge in [0.15, 0.2) is 17.5 Å². The van der Waals surface area contributed by atoms with Gasteiger partial charge >= 0.3 is 0 Å². The molecule has 0 bridgehead atoms. The summed E-state index contributed by atoms with van der Waals surface area (Å²) in [5, 5.41) is 4.46. The quantitative estimate of drug-likeness (QED) is 0.171. The zero-order valence-electron chi connectivity index (χ0n) is 30.8. The zero-order chi connectivity index (χ0) is 37.7. The van der Waals surface area contributed by atoms with Crippen LogP contribution in [-0.4, -0.2) is 15.0 Å². The molecule has 4 nitrogen and oxygen atoms in total. The first kappa shape index (κ1) is 32.7. The van der Waals surface area contributed by atoms with E-state index >= 15 is 0 Å². The van der Waals surface area contributed by atoms with Gasteiger partial charge in [0.2, 0.25) is 0 Å². The molecule has 0 spiro atoms. The summed E-state index contributed by atoms with van der Waals surface area (Å²) in [6.07, 6.45) is 0. The second-order valence-electron chi connectivity index (χ2n) is 14.3. The lowest BCUT2D eigenvalue weighted by Crippen LogP contribution is -2.01. The number of fused-ring (bicyclic) bond motifs is 3. The Morgan fingerprint density at radius 1 is 0.263 bits per heavy atom. The lowest BCUT2D eigenvalue weighted by Gasteiger charge is -2.25. The predicted octanol–water partition coefficient (Wildman–Crippen LogP) is 14.0. The molecule has 0 N–H and O–H groups in total. The number of aromatic nitrogens is 3. The number of ether oxygens (including phenoxy) is 1. The molecule has 0 radical (unpaired) electrons. The molecule has 0 saturated carbocycles. The smallest absolute Gasteiger partial charge is 0.164 e. The first-order valence-corrected chi connectivity index (χ1v) is 19.2. The van der Waals surface area contributed by atoms with E-state index in [4.69, 9.17) is 19.7 Å². The maximum absolute atomic E-state index is 6.77. The minimum Gasteiger partial charge on any atom is -0.456 e. The third kappa shape index (κ3) is 5.66. The third-order valence-corrected chi connectivity index (χ3v) is 11.0. The molecule has 4 heteroatoms. The first-order chi connectivity index (χ1) is 28.3. The van der Waals surface area contributed by atoms with Gasteiger partial charge in [0.1, 0.15) is 11.5 Å². The van der Waals surface area contributed by atoms with Gasteiger partial charge in [0.05, 0.1) is 0 Å². The molecule has 57 heavy (non-hydrogen) atoms. The van der Waals surface area contributed by atoms with Crippen LogP contribution in [0.2, 0.25) is 0 Å². The summed E-state index contributed by atoms with van der Waals surface area (Å²) >= 11 is 0. The van der Waals surface area contributed by atoms with Crippen LogP contribution >= 0.6 is 0 Å². The van der Waals surface area contributed by atoms with Gasteiger partial charge in [0.25, 0.3) is 0 Å². The van der Waals surface area contributed by atoms with Crippen molar-refractivity contribution >= 4 is 21.5 Å². The molecule has 1 aliphatic heterocycles. The van der Waals surface area contributed by atoms with Crippen LogP contribution in [0, 0.1) is 0 Å². The predicted molar refractivity (Wildman–Crippen MR) is 233 cm³/mol. The van der Waals surface area contributed by atoms with Crippen LogP contribution in [0.15, 0.2) is 200 Å². The fourth-order valence-electron chi connectivity index (χ4n) is 8.29. The van der Waals surface area contributed by atoms with Crippen LogP contribution in [0.25, 0.3) is 100 Å². The Morgan fingerprint density at radius 2 is 0.754 bits per heavy atom. The monoisotopic (exact) mass is 727 g/mol. The fourth-order valence-corrected chi connectivity index (χ4v) is 8.29. The summed E-state index contributed by atoms with van der Waals surface area (Å²) < 4.78 is 6.77. The maximum Gasteiger partial charge on any atom is 0.164 e. The maximum atomic E-state index is 6.77. The number of nitrogens with zero attached hydrogens (tertiary/aromatic N) is 3. The van der Waals surface area contributed by atoms with Gasteiger partial charge in [-0.1, -0.05) is 182 Å². The molecule has 0 saturated heterocycles. The molecule has 1 aromatic heterocycles. The summed E-state index contributed by atoms with van der Waals surface area (Å²) in [6, 6.07) is 69.8. The van der Waals surface area contributed by atoms with Crippen molar-refractivity contribution in [2.24, 2.45) is 0 Å². The minimum absolute atomic E-state index is 0.631. The zero-order valence-corrected chi connectivity index (χ0v) is 30.8. The molecule has 0 amide bonds. The molecule has 0 atom stereocenters. The summed E-state index contributed by atoms with van der Waals surface area (Å²) in [5.74, 6) is 3.62. The molecule has 10 aromatic rings. The second kappa shape index (κ2) is 13.6. The summed E-state index contributed by atoms with van der Waals surface area (Å²) in [7, 11) is 0. The number of rotatable bonds is 6. The normalized spacial score (nSPS) is 11.6. The Labute approximate surface area is 330 Å². The van der Waals surface area contributed by atoms with Gasteiger partial charge in [-0.15, -0.1) is 0 Å². The van der Waals surface area contributed by atoms with E-state index in [9.17, 15) is 0 Å². The third-order valence-electron chi connectivity index (χ3n) is 11.0. The summed E-state index contributed by atoms with van der Waals surface area (Å²) in [6.45, 7) is 0. The van der Waals surface area contributed by atoms with Crippen LogP contribution in [-0.2, 0) is 0 Å². The van der Waals surface area contributed by atoms with Crippen molar-refractivity contribution < 1.29 is 4.74 Å². The number of benzene rings is 9. The van der Waals surface area contributed by atoms with E-state index in [1.807, 2.05) is 60.7 Å². The summed E-state index contributed by atoms with van der Waals surface area (Å²) in [5.41, 5.74) is 12.1. The Balaban J connectivity index is 1.06. The molecular weight excluding hydrogens is 695 g/mol. The second-order valence-corrected chi connectivity index (χ2v) is 14.3. The van der Waals surface area contributed by atoms with Gasteiger partial charge in [-0.3, -0.25) is 0 Å². The van der Waals surface area contributed by atoms with Crippen molar-refractivity contribution in [1.29, 1.82) is 0 Å². The van der Waals surface area contributed by atoms with Crippen molar-refractivity contribution in [3.8, 4) is 90.2 Å². The SMILES string of the molecule is c1ccc(-c2ccc(-c3ccc4c5c(cccc35)-c3c(cccc3-c3ccc(-c5nc(-c6ccccc6)nc(-c6ccccc6)n5)c5ccccc35)O4)cc2)cc1. The van der Waals surface area contributed by atoms with Gasteiger partial charge < -0.3 is 4.74 Å². The molecule has 0 fully saturated rings. The first-order valence-electron chi connectivity index (χ1n) is 19.2. The highest BCUT2D eigenvalue weighted by Gasteiger charge is 2.26. The average Bonchev–Trinajstić information content (AvgIpc) is 3.29. The van der Waals surface area contributed by atoms with E-state index in [-0.39, 0.29) is 0 Å². The van der Waals surface area contributed by atoms with E-state index in [0.717, 1.165) is 72.0 Å². The van der Waals surface area contributed by atoms with Crippen molar-refractivity contribution in [3.05, 3.63) is 200 Å². The van der Waals surface area contributed by atoms with E-state index in [2.05, 4.69) is 140 Å². The van der Waals surface area contributed by atoms with E-state index in [1.54, 1.807) is 0 Å². The molecular formula is C53H33N3O. The Bertz CT molecular complexity index is 3070. The highest BCUT2D eigenvalue weighted by atomic mass is 16.5. The largest absolute Gasteiger partial charge is 0.456 e. The summed E-state index contributed by atoms with van der Waals surface area (Å²) in [4.78, 5) is 15.1.